The molecular formula is C13H18BrN3O3. The monoisotopic (exact) mass is 343 g/mol. The minimum absolute atomic E-state index is 0.0774. The molecule has 0 saturated heterocycles. The topological polar surface area (TPSA) is 77.2 Å². The minimum atomic E-state index is -0.490. The minimum Gasteiger partial charge on any atom is -0.358 e. The molecule has 2 rings (SSSR count). The first kappa shape index (κ1) is 15.0. The summed E-state index contributed by atoms with van der Waals surface area (Å²) in [6.07, 6.45) is 5.43. The maximum Gasteiger partial charge on any atom is 0.323 e. The van der Waals surface area contributed by atoms with Crippen LogP contribution in [0, 0.1) is 10.1 Å². The summed E-state index contributed by atoms with van der Waals surface area (Å²) < 4.78 is 1.31. The number of aromatic nitrogens is 1. The van der Waals surface area contributed by atoms with E-state index in [2.05, 4.69) is 21.2 Å². The standard InChI is InChI=1S/C13H18BrN3O3/c1-16-11(7-8-12(16)17(19)20)13(18)15-10-6-4-2-3-5-9(10)14/h7-10H,2-6H2,1H3,(H,15,18). The van der Waals surface area contributed by atoms with Gasteiger partial charge < -0.3 is 15.4 Å². The molecule has 1 amide bonds. The van der Waals surface area contributed by atoms with E-state index in [0.29, 0.717) is 5.69 Å². The second-order valence-corrected chi connectivity index (χ2v) is 6.30. The van der Waals surface area contributed by atoms with Gasteiger partial charge in [-0.3, -0.25) is 4.79 Å². The molecule has 0 spiro atoms. The molecule has 1 aliphatic rings. The molecule has 0 bridgehead atoms. The molecule has 0 radical (unpaired) electrons. The van der Waals surface area contributed by atoms with Crippen LogP contribution in [0.4, 0.5) is 5.82 Å². The van der Waals surface area contributed by atoms with Crippen LogP contribution in [0.1, 0.15) is 42.6 Å². The van der Waals surface area contributed by atoms with Gasteiger partial charge in [-0.25, -0.2) is 4.57 Å². The number of halogens is 1. The maximum atomic E-state index is 12.3. The summed E-state index contributed by atoms with van der Waals surface area (Å²) in [4.78, 5) is 22.8. The van der Waals surface area contributed by atoms with Crippen molar-refractivity contribution in [1.29, 1.82) is 0 Å². The molecule has 7 heteroatoms. The van der Waals surface area contributed by atoms with Crippen molar-refractivity contribution >= 4 is 27.7 Å². The van der Waals surface area contributed by atoms with Gasteiger partial charge in [-0.15, -0.1) is 0 Å². The van der Waals surface area contributed by atoms with E-state index in [-0.39, 0.29) is 22.6 Å². The summed E-state index contributed by atoms with van der Waals surface area (Å²) in [7, 11) is 1.53. The van der Waals surface area contributed by atoms with E-state index in [0.717, 1.165) is 25.7 Å². The molecule has 1 aromatic heterocycles. The Morgan fingerprint density at radius 2 is 2.10 bits per heavy atom. The lowest BCUT2D eigenvalue weighted by Crippen LogP contribution is -2.40. The summed E-state index contributed by atoms with van der Waals surface area (Å²) >= 11 is 3.62. The van der Waals surface area contributed by atoms with Gasteiger partial charge in [-0.05, 0) is 23.8 Å². The predicted octanol–water partition coefficient (Wildman–Crippen LogP) is 2.76. The Bertz CT molecular complexity index is 515. The number of alkyl halides is 1. The first-order valence-corrected chi connectivity index (χ1v) is 7.67. The van der Waals surface area contributed by atoms with Crippen molar-refractivity contribution in [2.45, 2.75) is 43.0 Å². The van der Waals surface area contributed by atoms with Crippen LogP contribution in [0.25, 0.3) is 0 Å². The Labute approximate surface area is 125 Å². The molecule has 6 nitrogen and oxygen atoms in total. The molecule has 0 aromatic carbocycles. The molecule has 0 aliphatic heterocycles. The first-order chi connectivity index (χ1) is 9.50. The number of nitro groups is 1. The third kappa shape index (κ3) is 3.20. The predicted molar refractivity (Wildman–Crippen MR) is 79.1 cm³/mol. The molecule has 1 fully saturated rings. The lowest BCUT2D eigenvalue weighted by atomic mass is 10.1. The lowest BCUT2D eigenvalue weighted by Gasteiger charge is -2.20. The number of hydrogen-bond acceptors (Lipinski definition) is 3. The molecule has 2 unspecified atom stereocenters. The fourth-order valence-electron chi connectivity index (χ4n) is 2.58. The number of nitrogens with one attached hydrogen (secondary N) is 1. The van der Waals surface area contributed by atoms with Crippen molar-refractivity contribution in [3.63, 3.8) is 0 Å². The van der Waals surface area contributed by atoms with E-state index in [1.54, 1.807) is 0 Å². The highest BCUT2D eigenvalue weighted by Gasteiger charge is 2.26. The van der Waals surface area contributed by atoms with E-state index >= 15 is 0 Å². The van der Waals surface area contributed by atoms with Crippen LogP contribution in [0.15, 0.2) is 12.1 Å². The first-order valence-electron chi connectivity index (χ1n) is 6.75. The highest BCUT2D eigenvalue weighted by atomic mass is 79.9. The van der Waals surface area contributed by atoms with Crippen molar-refractivity contribution < 1.29 is 9.72 Å². The van der Waals surface area contributed by atoms with Gasteiger partial charge >= 0.3 is 5.82 Å². The van der Waals surface area contributed by atoms with Gasteiger partial charge in [-0.1, -0.05) is 35.2 Å². The van der Waals surface area contributed by atoms with Crippen molar-refractivity contribution in [3.05, 3.63) is 27.9 Å². The van der Waals surface area contributed by atoms with Gasteiger partial charge in [0, 0.05) is 16.9 Å². The van der Waals surface area contributed by atoms with Crippen LogP contribution < -0.4 is 5.32 Å². The van der Waals surface area contributed by atoms with Crippen molar-refractivity contribution in [3.8, 4) is 0 Å². The van der Waals surface area contributed by atoms with Crippen LogP contribution in [0.5, 0.6) is 0 Å². The second kappa shape index (κ2) is 6.39. The van der Waals surface area contributed by atoms with Crippen LogP contribution in [0.3, 0.4) is 0 Å². The smallest absolute Gasteiger partial charge is 0.323 e. The van der Waals surface area contributed by atoms with Gasteiger partial charge in [0.25, 0.3) is 5.91 Å². The highest BCUT2D eigenvalue weighted by Crippen LogP contribution is 2.24. The van der Waals surface area contributed by atoms with Gasteiger partial charge in [-0.2, -0.15) is 0 Å². The summed E-state index contributed by atoms with van der Waals surface area (Å²) in [5.74, 6) is -0.330. The van der Waals surface area contributed by atoms with Crippen LogP contribution in [-0.4, -0.2) is 26.3 Å². The molecule has 1 aliphatic carbocycles. The molecule has 110 valence electrons. The van der Waals surface area contributed by atoms with E-state index in [1.165, 1.54) is 30.2 Å². The quantitative estimate of drug-likeness (QED) is 0.396. The number of rotatable bonds is 3. The second-order valence-electron chi connectivity index (χ2n) is 5.13. The molecule has 20 heavy (non-hydrogen) atoms. The van der Waals surface area contributed by atoms with Gasteiger partial charge in [0.15, 0.2) is 5.69 Å². The Kier molecular flexibility index (Phi) is 4.80. The zero-order valence-electron chi connectivity index (χ0n) is 11.3. The molecule has 1 saturated carbocycles. The van der Waals surface area contributed by atoms with E-state index in [4.69, 9.17) is 0 Å². The SMILES string of the molecule is Cn1c(C(=O)NC2CCCCCC2Br)ccc1[N+](=O)[O-]. The lowest BCUT2D eigenvalue weighted by molar-refractivity contribution is -0.391. The van der Waals surface area contributed by atoms with Crippen LogP contribution in [0.2, 0.25) is 0 Å². The summed E-state index contributed by atoms with van der Waals surface area (Å²) in [6.45, 7) is 0. The van der Waals surface area contributed by atoms with E-state index < -0.39 is 4.92 Å². The Balaban J connectivity index is 2.09. The maximum absolute atomic E-state index is 12.3. The third-order valence-corrected chi connectivity index (χ3v) is 4.86. The molecule has 1 N–H and O–H groups in total. The average Bonchev–Trinajstić information content (AvgIpc) is 2.67. The number of carbonyl (C=O) groups excluding carboxylic acids is 1. The van der Waals surface area contributed by atoms with Crippen LogP contribution >= 0.6 is 15.9 Å². The van der Waals surface area contributed by atoms with Gasteiger partial charge in [0.1, 0.15) is 0 Å². The zero-order valence-corrected chi connectivity index (χ0v) is 12.9. The molecule has 2 atom stereocenters. The fourth-order valence-corrected chi connectivity index (χ4v) is 3.30. The molecular weight excluding hydrogens is 326 g/mol. The van der Waals surface area contributed by atoms with E-state index in [9.17, 15) is 14.9 Å². The normalized spacial score (nSPS) is 23.1. The highest BCUT2D eigenvalue weighted by molar-refractivity contribution is 9.09. The Morgan fingerprint density at radius 1 is 1.40 bits per heavy atom. The van der Waals surface area contributed by atoms with Gasteiger partial charge in [0.2, 0.25) is 0 Å². The number of amides is 1. The molecule has 1 heterocycles. The van der Waals surface area contributed by atoms with Gasteiger partial charge in [0.05, 0.1) is 7.05 Å². The van der Waals surface area contributed by atoms with Crippen LogP contribution in [-0.2, 0) is 7.05 Å². The summed E-state index contributed by atoms with van der Waals surface area (Å²) in [5, 5.41) is 13.8. The third-order valence-electron chi connectivity index (χ3n) is 3.76. The molecule has 1 aromatic rings. The number of nitrogens with zero attached hydrogens (tertiary/aromatic N) is 2. The Morgan fingerprint density at radius 3 is 2.75 bits per heavy atom. The Hall–Kier alpha value is -1.37. The van der Waals surface area contributed by atoms with Crippen molar-refractivity contribution in [2.75, 3.05) is 0 Å². The zero-order chi connectivity index (χ0) is 14.7. The van der Waals surface area contributed by atoms with Crippen molar-refractivity contribution in [1.82, 2.24) is 9.88 Å². The average molecular weight is 344 g/mol. The summed E-state index contributed by atoms with van der Waals surface area (Å²) in [5.41, 5.74) is 0.320. The van der Waals surface area contributed by atoms with E-state index in [1.807, 2.05) is 0 Å². The largest absolute Gasteiger partial charge is 0.358 e. The van der Waals surface area contributed by atoms with Crippen molar-refractivity contribution in [2.24, 2.45) is 7.05 Å². The fraction of sp³-hybridized carbons (Fsp3) is 0.615. The number of hydrogen-bond donors (Lipinski definition) is 1. The number of carbonyl (C=O) groups is 1. The summed E-state index contributed by atoms with van der Waals surface area (Å²) in [6, 6.07) is 2.93.